The van der Waals surface area contributed by atoms with Crippen LogP contribution in [-0.4, -0.2) is 35.3 Å². The lowest BCUT2D eigenvalue weighted by Gasteiger charge is -2.00. The van der Waals surface area contributed by atoms with Crippen LogP contribution in [0.25, 0.3) is 0 Å². The van der Waals surface area contributed by atoms with E-state index in [2.05, 4.69) is 6.92 Å². The average Bonchev–Trinajstić information content (AvgIpc) is 2.60. The Hall–Kier alpha value is -1.95. The monoisotopic (exact) mass is 367 g/mol. The lowest BCUT2D eigenvalue weighted by molar-refractivity contribution is -0.508. The summed E-state index contributed by atoms with van der Waals surface area (Å²) in [6.45, 7) is 2.38. The van der Waals surface area contributed by atoms with Crippen LogP contribution in [0.5, 0.6) is 0 Å². The second kappa shape index (κ2) is 17.9. The molecule has 148 valence electrons. The highest BCUT2D eigenvalue weighted by Crippen LogP contribution is 2.05. The van der Waals surface area contributed by atoms with E-state index in [1.807, 2.05) is 24.3 Å². The Bertz CT molecular complexity index is 457. The summed E-state index contributed by atoms with van der Waals surface area (Å²) >= 11 is 0. The smallest absolute Gasteiger partial charge is 0.329 e. The van der Waals surface area contributed by atoms with Gasteiger partial charge in [0.15, 0.2) is 0 Å². The normalized spacial score (nSPS) is 13.1. The van der Waals surface area contributed by atoms with E-state index in [-0.39, 0.29) is 11.5 Å². The minimum Gasteiger partial charge on any atom is -0.480 e. The van der Waals surface area contributed by atoms with E-state index in [0.29, 0.717) is 13.0 Å². The van der Waals surface area contributed by atoms with E-state index >= 15 is 0 Å². The lowest BCUT2D eigenvalue weighted by Crippen LogP contribution is -2.15. The van der Waals surface area contributed by atoms with Crippen molar-refractivity contribution in [1.29, 1.82) is 0 Å². The zero-order chi connectivity index (χ0) is 19.5. The van der Waals surface area contributed by atoms with Gasteiger partial charge in [0.2, 0.25) is 6.04 Å². The van der Waals surface area contributed by atoms with Crippen molar-refractivity contribution in [3.63, 3.8) is 0 Å². The van der Waals surface area contributed by atoms with E-state index in [4.69, 9.17) is 9.84 Å². The minimum atomic E-state index is -0.945. The first-order chi connectivity index (χ1) is 12.6. The zero-order valence-corrected chi connectivity index (χ0v) is 15.8. The molecule has 0 radical (unpaired) electrons. The molecule has 0 aromatic rings. The van der Waals surface area contributed by atoms with Crippen molar-refractivity contribution in [2.24, 2.45) is 0 Å². The lowest BCUT2D eigenvalue weighted by atomic mass is 10.1. The number of unbranched alkanes of at least 4 members (excludes halogenated alkanes) is 6. The summed E-state index contributed by atoms with van der Waals surface area (Å²) in [5, 5.41) is 19.5. The molecule has 1 N–H and O–H groups in total. The van der Waals surface area contributed by atoms with Crippen LogP contribution in [0.4, 0.5) is 0 Å². The maximum Gasteiger partial charge on any atom is 0.329 e. The molecule has 0 aliphatic rings. The Morgan fingerprint density at radius 1 is 1.08 bits per heavy atom. The number of nitrogens with zero attached hydrogens (tertiary/aromatic N) is 1. The van der Waals surface area contributed by atoms with Crippen molar-refractivity contribution in [2.75, 3.05) is 13.2 Å². The molecule has 6 heteroatoms. The van der Waals surface area contributed by atoms with Crippen LogP contribution in [0.3, 0.4) is 0 Å². The quantitative estimate of drug-likeness (QED) is 0.129. The summed E-state index contributed by atoms with van der Waals surface area (Å²) in [6, 6.07) is -0.673. The third-order valence-corrected chi connectivity index (χ3v) is 3.75. The molecule has 0 spiro atoms. The Kier molecular flexibility index (Phi) is 16.5. The maximum absolute atomic E-state index is 11.0. The Labute approximate surface area is 156 Å². The molecule has 0 amide bonds. The number of carboxylic acids is 1. The molecule has 1 atom stereocenters. The van der Waals surface area contributed by atoms with E-state index in [0.717, 1.165) is 38.5 Å². The molecule has 0 aromatic carbocycles. The summed E-state index contributed by atoms with van der Waals surface area (Å²) in [7, 11) is 0. The van der Waals surface area contributed by atoms with Crippen molar-refractivity contribution in [1.82, 2.24) is 0 Å². The zero-order valence-electron chi connectivity index (χ0n) is 15.8. The minimum absolute atomic E-state index is 0.240. The number of rotatable bonds is 17. The maximum atomic E-state index is 11.0. The number of carboxylic acid groups (broad SMARTS) is 1. The van der Waals surface area contributed by atoms with Gasteiger partial charge in [0.05, 0.1) is 0 Å². The standard InChI is InChI=1S/C20H33NO5/c1-2-3-4-5-9-12-15-19(21(24)25)16-13-10-7-6-8-11-14-17-26-18-20(22)23/h7,9-10,12-13,16,19H,2-6,8,11,14-15,17-18H2,1H3,(H,22,23). The summed E-state index contributed by atoms with van der Waals surface area (Å²) in [5.41, 5.74) is 0. The number of aliphatic carboxylic acids is 1. The SMILES string of the molecule is CCCCCC=CCC(C=CC=CCCCCCOCC(=O)O)[N+](=O)[O-]. The third kappa shape index (κ3) is 16.9. The van der Waals surface area contributed by atoms with Gasteiger partial charge < -0.3 is 9.84 Å². The number of nitro groups is 1. The molecule has 26 heavy (non-hydrogen) atoms. The van der Waals surface area contributed by atoms with Crippen LogP contribution in [0.1, 0.15) is 64.7 Å². The molecule has 0 fully saturated rings. The first kappa shape index (κ1) is 24.1. The highest BCUT2D eigenvalue weighted by atomic mass is 16.6. The van der Waals surface area contributed by atoms with E-state index in [1.54, 1.807) is 12.2 Å². The third-order valence-electron chi connectivity index (χ3n) is 3.75. The fourth-order valence-corrected chi connectivity index (χ4v) is 2.27. The predicted octanol–water partition coefficient (Wildman–Crippen LogP) is 4.93. The largest absolute Gasteiger partial charge is 0.480 e. The van der Waals surface area contributed by atoms with Crippen LogP contribution < -0.4 is 0 Å². The molecule has 0 rings (SSSR count). The van der Waals surface area contributed by atoms with Gasteiger partial charge in [0.1, 0.15) is 6.61 Å². The molecular formula is C20H33NO5. The molecule has 0 aromatic heterocycles. The summed E-state index contributed by atoms with van der Waals surface area (Å²) < 4.78 is 4.95. The molecule has 0 aliphatic carbocycles. The van der Waals surface area contributed by atoms with Gasteiger partial charge in [0, 0.05) is 18.0 Å². The van der Waals surface area contributed by atoms with Gasteiger partial charge in [-0.1, -0.05) is 56.6 Å². The highest BCUT2D eigenvalue weighted by Gasteiger charge is 2.12. The molecular weight excluding hydrogens is 334 g/mol. The fraction of sp³-hybridized carbons (Fsp3) is 0.650. The van der Waals surface area contributed by atoms with Gasteiger partial charge in [0.25, 0.3) is 0 Å². The number of hydrogen-bond donors (Lipinski definition) is 1. The van der Waals surface area contributed by atoms with Crippen LogP contribution in [0.2, 0.25) is 0 Å². The fourth-order valence-electron chi connectivity index (χ4n) is 2.27. The van der Waals surface area contributed by atoms with Crippen LogP contribution in [0.15, 0.2) is 36.5 Å². The van der Waals surface area contributed by atoms with Crippen molar-refractivity contribution in [2.45, 2.75) is 70.8 Å². The Balaban J connectivity index is 3.82. The van der Waals surface area contributed by atoms with Crippen molar-refractivity contribution in [3.8, 4) is 0 Å². The number of allylic oxidation sites excluding steroid dienone is 4. The molecule has 0 aliphatic heterocycles. The molecule has 1 unspecified atom stereocenters. The average molecular weight is 367 g/mol. The number of carbonyl (C=O) groups is 1. The van der Waals surface area contributed by atoms with Crippen molar-refractivity contribution in [3.05, 3.63) is 46.6 Å². The van der Waals surface area contributed by atoms with Crippen molar-refractivity contribution < 1.29 is 19.6 Å². The molecule has 0 bridgehead atoms. The predicted molar refractivity (Wildman–Crippen MR) is 104 cm³/mol. The van der Waals surface area contributed by atoms with Crippen molar-refractivity contribution >= 4 is 5.97 Å². The first-order valence-corrected chi connectivity index (χ1v) is 9.49. The second-order valence-electron chi connectivity index (χ2n) is 6.16. The molecule has 0 heterocycles. The molecule has 6 nitrogen and oxygen atoms in total. The topological polar surface area (TPSA) is 89.7 Å². The van der Waals surface area contributed by atoms with E-state index in [1.165, 1.54) is 12.8 Å². The summed E-state index contributed by atoms with van der Waals surface area (Å²) in [6.07, 6.45) is 19.8. The second-order valence-corrected chi connectivity index (χ2v) is 6.16. The van der Waals surface area contributed by atoms with Crippen LogP contribution >= 0.6 is 0 Å². The molecule has 0 saturated carbocycles. The summed E-state index contributed by atoms with van der Waals surface area (Å²) in [4.78, 5) is 21.0. The summed E-state index contributed by atoms with van der Waals surface area (Å²) in [5.74, 6) is -0.945. The highest BCUT2D eigenvalue weighted by molar-refractivity contribution is 5.67. The van der Waals surface area contributed by atoms with Crippen LogP contribution in [0, 0.1) is 10.1 Å². The Morgan fingerprint density at radius 3 is 2.50 bits per heavy atom. The first-order valence-electron chi connectivity index (χ1n) is 9.49. The van der Waals surface area contributed by atoms with E-state index < -0.39 is 12.0 Å². The van der Waals surface area contributed by atoms with Gasteiger partial charge in [-0.25, -0.2) is 4.79 Å². The Morgan fingerprint density at radius 2 is 1.81 bits per heavy atom. The van der Waals surface area contributed by atoms with Gasteiger partial charge in [-0.05, 0) is 38.2 Å². The molecule has 0 saturated heterocycles. The number of hydrogen-bond acceptors (Lipinski definition) is 4. The van der Waals surface area contributed by atoms with E-state index in [9.17, 15) is 14.9 Å². The van der Waals surface area contributed by atoms with Gasteiger partial charge in [-0.15, -0.1) is 0 Å². The number of ether oxygens (including phenoxy) is 1. The van der Waals surface area contributed by atoms with Crippen LogP contribution in [-0.2, 0) is 9.53 Å². The van der Waals surface area contributed by atoms with Gasteiger partial charge >= 0.3 is 5.97 Å². The van der Waals surface area contributed by atoms with Gasteiger partial charge in [-0.2, -0.15) is 0 Å². The van der Waals surface area contributed by atoms with Gasteiger partial charge in [-0.3, -0.25) is 10.1 Å².